The summed E-state index contributed by atoms with van der Waals surface area (Å²) in [4.78, 5) is 12.1. The molecule has 0 unspecified atom stereocenters. The van der Waals surface area contributed by atoms with Gasteiger partial charge in [0.2, 0.25) is 13.6 Å². The van der Waals surface area contributed by atoms with Crippen molar-refractivity contribution in [3.8, 4) is 23.0 Å². The smallest absolute Gasteiger partial charge is 0.314 e. The van der Waals surface area contributed by atoms with Gasteiger partial charge >= 0.3 is 5.97 Å². The highest BCUT2D eigenvalue weighted by molar-refractivity contribution is 5.99. The van der Waals surface area contributed by atoms with E-state index in [1.165, 1.54) is 5.57 Å². The van der Waals surface area contributed by atoms with E-state index >= 15 is 0 Å². The number of hydrogen-bond donors (Lipinski definition) is 1. The van der Waals surface area contributed by atoms with Crippen LogP contribution in [0.3, 0.4) is 0 Å². The third-order valence-electron chi connectivity index (χ3n) is 6.61. The SMILES string of the molecule is CC/C(=C(/c1ccc(OCCNC(C)C)cc1)c1ccc(OCOC(=O)C(C)(C)C)cc1)c1ccc2c(c1)OCO2. The summed E-state index contributed by atoms with van der Waals surface area (Å²) in [5.74, 6) is 2.65. The number of rotatable bonds is 12. The Morgan fingerprint density at radius 3 is 2.02 bits per heavy atom. The van der Waals surface area contributed by atoms with Crippen LogP contribution >= 0.6 is 0 Å². The molecule has 1 aliphatic heterocycles. The second-order valence-corrected chi connectivity index (χ2v) is 11.2. The fourth-order valence-corrected chi connectivity index (χ4v) is 4.44. The first-order chi connectivity index (χ1) is 19.7. The van der Waals surface area contributed by atoms with Crippen molar-refractivity contribution in [2.75, 3.05) is 26.7 Å². The molecule has 41 heavy (non-hydrogen) atoms. The third kappa shape index (κ3) is 8.04. The van der Waals surface area contributed by atoms with Crippen molar-refractivity contribution in [3.63, 3.8) is 0 Å². The zero-order valence-corrected chi connectivity index (χ0v) is 24.9. The zero-order chi connectivity index (χ0) is 29.4. The average molecular weight is 560 g/mol. The van der Waals surface area contributed by atoms with E-state index < -0.39 is 5.41 Å². The van der Waals surface area contributed by atoms with Gasteiger partial charge in [-0.25, -0.2) is 0 Å². The van der Waals surface area contributed by atoms with Crippen molar-refractivity contribution in [2.45, 2.75) is 54.0 Å². The minimum Gasteiger partial charge on any atom is -0.492 e. The maximum absolute atomic E-state index is 12.1. The Morgan fingerprint density at radius 2 is 1.44 bits per heavy atom. The van der Waals surface area contributed by atoms with Crippen LogP contribution in [0, 0.1) is 5.41 Å². The molecule has 3 aromatic rings. The molecule has 0 saturated carbocycles. The number of hydrogen-bond acceptors (Lipinski definition) is 7. The number of carbonyl (C=O) groups is 1. The Bertz CT molecular complexity index is 1340. The van der Waals surface area contributed by atoms with Gasteiger partial charge in [-0.3, -0.25) is 4.79 Å². The third-order valence-corrected chi connectivity index (χ3v) is 6.61. The van der Waals surface area contributed by atoms with Gasteiger partial charge in [-0.2, -0.15) is 0 Å². The summed E-state index contributed by atoms with van der Waals surface area (Å²) in [6.45, 7) is 13.3. The molecule has 218 valence electrons. The molecule has 1 aliphatic rings. The number of nitrogens with one attached hydrogen (secondary N) is 1. The van der Waals surface area contributed by atoms with E-state index in [4.69, 9.17) is 23.7 Å². The highest BCUT2D eigenvalue weighted by Gasteiger charge is 2.23. The Labute approximate surface area is 243 Å². The number of esters is 1. The number of carbonyl (C=O) groups excluding carboxylic acids is 1. The van der Waals surface area contributed by atoms with Gasteiger partial charge in [-0.1, -0.05) is 51.1 Å². The van der Waals surface area contributed by atoms with Crippen molar-refractivity contribution in [2.24, 2.45) is 5.41 Å². The summed E-state index contributed by atoms with van der Waals surface area (Å²) in [5.41, 5.74) is 4.87. The first-order valence-corrected chi connectivity index (χ1v) is 14.2. The van der Waals surface area contributed by atoms with Crippen molar-refractivity contribution in [3.05, 3.63) is 83.4 Å². The van der Waals surface area contributed by atoms with Gasteiger partial charge in [-0.05, 0) is 91.4 Å². The van der Waals surface area contributed by atoms with Gasteiger partial charge in [0, 0.05) is 12.6 Å². The topological polar surface area (TPSA) is 75.2 Å². The van der Waals surface area contributed by atoms with Crippen LogP contribution in [-0.4, -0.2) is 38.7 Å². The van der Waals surface area contributed by atoms with Gasteiger partial charge in [0.15, 0.2) is 11.5 Å². The predicted molar refractivity (Wildman–Crippen MR) is 161 cm³/mol. The minimum atomic E-state index is -0.580. The van der Waals surface area contributed by atoms with E-state index in [0.717, 1.165) is 52.5 Å². The lowest BCUT2D eigenvalue weighted by Gasteiger charge is -2.18. The normalized spacial score (nSPS) is 13.1. The molecule has 0 aliphatic carbocycles. The number of ether oxygens (including phenoxy) is 5. The summed E-state index contributed by atoms with van der Waals surface area (Å²) < 4.78 is 28.1. The van der Waals surface area contributed by atoms with E-state index in [2.05, 4.69) is 44.3 Å². The molecule has 7 heteroatoms. The zero-order valence-electron chi connectivity index (χ0n) is 24.9. The second-order valence-electron chi connectivity index (χ2n) is 11.2. The van der Waals surface area contributed by atoms with Gasteiger partial charge in [-0.15, -0.1) is 0 Å². The van der Waals surface area contributed by atoms with Crippen LogP contribution in [-0.2, 0) is 9.53 Å². The molecule has 0 bridgehead atoms. The molecule has 0 aromatic heterocycles. The van der Waals surface area contributed by atoms with Crippen molar-refractivity contribution in [1.29, 1.82) is 0 Å². The lowest BCUT2D eigenvalue weighted by molar-refractivity contribution is -0.159. The highest BCUT2D eigenvalue weighted by Crippen LogP contribution is 2.40. The molecule has 1 heterocycles. The van der Waals surface area contributed by atoms with Crippen LogP contribution < -0.4 is 24.3 Å². The fourth-order valence-electron chi connectivity index (χ4n) is 4.44. The standard InChI is InChI=1S/C34H41NO6/c1-7-29(26-12-17-30-31(20-26)40-22-39-30)32(24-8-13-27(14-9-24)37-19-18-35-23(2)3)25-10-15-28(16-11-25)38-21-41-33(36)34(4,5)6/h8-17,20,23,35H,7,18-19,21-22H2,1-6H3/b32-29+. The molecule has 0 atom stereocenters. The summed E-state index contributed by atoms with van der Waals surface area (Å²) in [5, 5.41) is 3.37. The molecule has 4 rings (SSSR count). The van der Waals surface area contributed by atoms with E-state index in [9.17, 15) is 4.79 Å². The van der Waals surface area contributed by atoms with Crippen molar-refractivity contribution >= 4 is 17.1 Å². The lowest BCUT2D eigenvalue weighted by atomic mass is 9.88. The van der Waals surface area contributed by atoms with E-state index in [-0.39, 0.29) is 19.6 Å². The molecule has 0 radical (unpaired) electrons. The summed E-state index contributed by atoms with van der Waals surface area (Å²) in [6.07, 6.45) is 0.801. The molecule has 0 amide bonds. The van der Waals surface area contributed by atoms with Crippen LogP contribution in [0.1, 0.15) is 64.7 Å². The molecule has 3 aromatic carbocycles. The minimum absolute atomic E-state index is 0.135. The number of allylic oxidation sites excluding steroid dienone is 1. The van der Waals surface area contributed by atoms with E-state index in [1.807, 2.05) is 69.3 Å². The van der Waals surface area contributed by atoms with Crippen LogP contribution in [0.25, 0.3) is 11.1 Å². The molecule has 0 spiro atoms. The van der Waals surface area contributed by atoms with Crippen LogP contribution in [0.15, 0.2) is 66.7 Å². The molecular weight excluding hydrogens is 518 g/mol. The molecular formula is C34H41NO6. The van der Waals surface area contributed by atoms with Crippen LogP contribution in [0.5, 0.6) is 23.0 Å². The first kappa shape index (κ1) is 30.0. The lowest BCUT2D eigenvalue weighted by Crippen LogP contribution is -2.27. The Morgan fingerprint density at radius 1 is 0.854 bits per heavy atom. The van der Waals surface area contributed by atoms with Gasteiger partial charge in [0.1, 0.15) is 18.1 Å². The Kier molecular flexibility index (Phi) is 9.95. The fraction of sp³-hybridized carbons (Fsp3) is 0.382. The second kappa shape index (κ2) is 13.6. The molecule has 7 nitrogen and oxygen atoms in total. The van der Waals surface area contributed by atoms with Crippen molar-refractivity contribution < 1.29 is 28.5 Å². The maximum atomic E-state index is 12.1. The van der Waals surface area contributed by atoms with Crippen LogP contribution in [0.2, 0.25) is 0 Å². The highest BCUT2D eigenvalue weighted by atomic mass is 16.7. The van der Waals surface area contributed by atoms with Gasteiger partial charge < -0.3 is 29.0 Å². The maximum Gasteiger partial charge on any atom is 0.314 e. The number of fused-ring (bicyclic) bond motifs is 1. The summed E-state index contributed by atoms with van der Waals surface area (Å²) in [7, 11) is 0. The quantitative estimate of drug-likeness (QED) is 0.110. The van der Waals surface area contributed by atoms with Gasteiger partial charge in [0.25, 0.3) is 0 Å². The Balaban J connectivity index is 1.62. The Hall–Kier alpha value is -3.97. The number of benzene rings is 3. The van der Waals surface area contributed by atoms with Gasteiger partial charge in [0.05, 0.1) is 5.41 Å². The van der Waals surface area contributed by atoms with E-state index in [1.54, 1.807) is 0 Å². The monoisotopic (exact) mass is 559 g/mol. The molecule has 1 N–H and O–H groups in total. The van der Waals surface area contributed by atoms with E-state index in [0.29, 0.717) is 18.4 Å². The average Bonchev–Trinajstić information content (AvgIpc) is 3.42. The first-order valence-electron chi connectivity index (χ1n) is 14.2. The van der Waals surface area contributed by atoms with Crippen LogP contribution in [0.4, 0.5) is 0 Å². The van der Waals surface area contributed by atoms with Crippen molar-refractivity contribution in [1.82, 2.24) is 5.32 Å². The molecule has 0 saturated heterocycles. The predicted octanol–water partition coefficient (Wildman–Crippen LogP) is 7.09. The summed E-state index contributed by atoms with van der Waals surface area (Å²) in [6, 6.07) is 22.6. The molecule has 0 fully saturated rings. The largest absolute Gasteiger partial charge is 0.492 e. The summed E-state index contributed by atoms with van der Waals surface area (Å²) >= 11 is 0.